The number of nitrogens with zero attached hydrogens (tertiary/aromatic N) is 2. The lowest BCUT2D eigenvalue weighted by atomic mass is 9.95. The van der Waals surface area contributed by atoms with Gasteiger partial charge >= 0.3 is 0 Å². The first-order valence-corrected chi connectivity index (χ1v) is 8.26. The van der Waals surface area contributed by atoms with Crippen molar-refractivity contribution in [3.63, 3.8) is 0 Å². The highest BCUT2D eigenvalue weighted by atomic mass is 35.5. The van der Waals surface area contributed by atoms with E-state index in [1.165, 1.54) is 11.7 Å². The Balaban J connectivity index is 2.32. The summed E-state index contributed by atoms with van der Waals surface area (Å²) in [6, 6.07) is 11.9. The number of amides is 1. The van der Waals surface area contributed by atoms with Crippen LogP contribution in [0.15, 0.2) is 42.5 Å². The van der Waals surface area contributed by atoms with Gasteiger partial charge in [-0.15, -0.1) is 0 Å². The summed E-state index contributed by atoms with van der Waals surface area (Å²) >= 11 is 12.3. The van der Waals surface area contributed by atoms with Crippen LogP contribution < -0.4 is 5.73 Å². The quantitative estimate of drug-likeness (QED) is 0.667. The number of carbonyl (C=O) groups is 1. The number of hydrogen-bond donors (Lipinski definition) is 1. The SMILES string of the molecule is Cn1nc(C(F)F)c(C(N)=O)c1-c1ccccc1-c1ccc(Cl)cc1Cl. The number of alkyl halides is 2. The Morgan fingerprint density at radius 2 is 1.77 bits per heavy atom. The van der Waals surface area contributed by atoms with Gasteiger partial charge in [-0.25, -0.2) is 8.78 Å². The van der Waals surface area contributed by atoms with Crippen LogP contribution in [0.4, 0.5) is 8.78 Å². The summed E-state index contributed by atoms with van der Waals surface area (Å²) in [6.45, 7) is 0. The minimum atomic E-state index is -2.93. The minimum absolute atomic E-state index is 0.203. The molecule has 26 heavy (non-hydrogen) atoms. The highest BCUT2D eigenvalue weighted by Gasteiger charge is 2.28. The number of primary amides is 1. The fourth-order valence-electron chi connectivity index (χ4n) is 2.88. The van der Waals surface area contributed by atoms with Gasteiger partial charge in [0.1, 0.15) is 5.69 Å². The van der Waals surface area contributed by atoms with Crippen LogP contribution in [0.1, 0.15) is 22.5 Å². The van der Waals surface area contributed by atoms with E-state index in [1.54, 1.807) is 42.5 Å². The summed E-state index contributed by atoms with van der Waals surface area (Å²) < 4.78 is 27.8. The summed E-state index contributed by atoms with van der Waals surface area (Å²) in [4.78, 5) is 11.9. The zero-order valence-corrected chi connectivity index (χ0v) is 15.0. The summed E-state index contributed by atoms with van der Waals surface area (Å²) in [5.41, 5.74) is 6.41. The van der Waals surface area contributed by atoms with E-state index in [0.717, 1.165) is 0 Å². The Kier molecular flexibility index (Phi) is 4.98. The predicted octanol–water partition coefficient (Wildman–Crippen LogP) is 5.10. The third kappa shape index (κ3) is 3.18. The minimum Gasteiger partial charge on any atom is -0.365 e. The standard InChI is InChI=1S/C18H13Cl2F2N3O/c1-25-16(14(18(23)26)15(24-25)17(21)22)12-5-3-2-4-10(12)11-7-6-9(19)8-13(11)20/h2-8,17H,1H3,(H2,23,26). The van der Waals surface area contributed by atoms with Crippen LogP contribution in [0.25, 0.3) is 22.4 Å². The second-order valence-electron chi connectivity index (χ2n) is 5.57. The molecule has 4 nitrogen and oxygen atoms in total. The average molecular weight is 396 g/mol. The topological polar surface area (TPSA) is 60.9 Å². The van der Waals surface area contributed by atoms with Crippen molar-refractivity contribution < 1.29 is 13.6 Å². The second kappa shape index (κ2) is 7.05. The molecule has 0 atom stereocenters. The summed E-state index contributed by atoms with van der Waals surface area (Å²) in [7, 11) is 1.48. The number of carbonyl (C=O) groups excluding carboxylic acids is 1. The number of aryl methyl sites for hydroxylation is 1. The van der Waals surface area contributed by atoms with Crippen LogP contribution in [0.5, 0.6) is 0 Å². The molecule has 0 aliphatic heterocycles. The monoisotopic (exact) mass is 395 g/mol. The average Bonchev–Trinajstić information content (AvgIpc) is 2.93. The van der Waals surface area contributed by atoms with Crippen molar-refractivity contribution in [3.8, 4) is 22.4 Å². The van der Waals surface area contributed by atoms with Gasteiger partial charge < -0.3 is 5.73 Å². The van der Waals surface area contributed by atoms with Crippen LogP contribution in [-0.4, -0.2) is 15.7 Å². The van der Waals surface area contributed by atoms with E-state index >= 15 is 0 Å². The first-order valence-electron chi connectivity index (χ1n) is 7.51. The Hall–Kier alpha value is -2.44. The smallest absolute Gasteiger partial charge is 0.282 e. The molecule has 0 aliphatic rings. The van der Waals surface area contributed by atoms with Gasteiger partial charge in [-0.1, -0.05) is 53.5 Å². The van der Waals surface area contributed by atoms with E-state index < -0.39 is 18.0 Å². The number of hydrogen-bond acceptors (Lipinski definition) is 2. The molecule has 1 heterocycles. The molecule has 0 aliphatic carbocycles. The van der Waals surface area contributed by atoms with Gasteiger partial charge in [0.15, 0.2) is 0 Å². The number of benzene rings is 2. The Bertz CT molecular complexity index is 1000. The normalized spacial score (nSPS) is 11.2. The fourth-order valence-corrected chi connectivity index (χ4v) is 3.39. The molecule has 134 valence electrons. The van der Waals surface area contributed by atoms with Gasteiger partial charge in [-0.3, -0.25) is 9.48 Å². The van der Waals surface area contributed by atoms with Crippen molar-refractivity contribution in [2.75, 3.05) is 0 Å². The summed E-state index contributed by atoms with van der Waals surface area (Å²) in [5, 5.41) is 4.65. The van der Waals surface area contributed by atoms with Crippen LogP contribution in [0.2, 0.25) is 10.0 Å². The lowest BCUT2D eigenvalue weighted by molar-refractivity contribution is 0.0985. The van der Waals surface area contributed by atoms with Crippen molar-refractivity contribution in [1.82, 2.24) is 9.78 Å². The van der Waals surface area contributed by atoms with Crippen molar-refractivity contribution in [1.29, 1.82) is 0 Å². The zero-order valence-electron chi connectivity index (χ0n) is 13.5. The molecule has 0 saturated carbocycles. The van der Waals surface area contributed by atoms with Crippen molar-refractivity contribution >= 4 is 29.1 Å². The molecule has 8 heteroatoms. The highest BCUT2D eigenvalue weighted by Crippen LogP contribution is 2.39. The maximum absolute atomic E-state index is 13.3. The molecule has 0 unspecified atom stereocenters. The van der Waals surface area contributed by atoms with Gasteiger partial charge in [0.05, 0.1) is 11.3 Å². The third-order valence-electron chi connectivity index (χ3n) is 3.93. The summed E-state index contributed by atoms with van der Waals surface area (Å²) in [6.07, 6.45) is -2.93. The molecular formula is C18H13Cl2F2N3O. The van der Waals surface area contributed by atoms with Gasteiger partial charge in [0.25, 0.3) is 12.3 Å². The summed E-state index contributed by atoms with van der Waals surface area (Å²) in [5.74, 6) is -0.972. The van der Waals surface area contributed by atoms with Gasteiger partial charge in [0, 0.05) is 28.2 Å². The van der Waals surface area contributed by atoms with Crippen molar-refractivity contribution in [2.45, 2.75) is 6.43 Å². The predicted molar refractivity (Wildman–Crippen MR) is 97.6 cm³/mol. The highest BCUT2D eigenvalue weighted by molar-refractivity contribution is 6.36. The second-order valence-corrected chi connectivity index (χ2v) is 6.41. The number of aromatic nitrogens is 2. The first kappa shape index (κ1) is 18.4. The largest absolute Gasteiger partial charge is 0.365 e. The van der Waals surface area contributed by atoms with Crippen LogP contribution in [0, 0.1) is 0 Å². The molecule has 3 rings (SSSR count). The van der Waals surface area contributed by atoms with Crippen LogP contribution >= 0.6 is 23.2 Å². The molecule has 2 N–H and O–H groups in total. The van der Waals surface area contributed by atoms with Gasteiger partial charge in [-0.2, -0.15) is 5.10 Å². The Morgan fingerprint density at radius 1 is 1.12 bits per heavy atom. The molecule has 0 radical (unpaired) electrons. The first-order chi connectivity index (χ1) is 12.3. The van der Waals surface area contributed by atoms with Crippen LogP contribution in [0.3, 0.4) is 0 Å². The molecule has 3 aromatic rings. The van der Waals surface area contributed by atoms with E-state index in [2.05, 4.69) is 5.10 Å². The zero-order chi connectivity index (χ0) is 19.0. The Morgan fingerprint density at radius 3 is 2.35 bits per heavy atom. The maximum atomic E-state index is 13.3. The fraction of sp³-hybridized carbons (Fsp3) is 0.111. The van der Waals surface area contributed by atoms with E-state index in [-0.39, 0.29) is 11.3 Å². The molecule has 1 amide bonds. The molecule has 0 spiro atoms. The van der Waals surface area contributed by atoms with E-state index in [1.807, 2.05) is 0 Å². The molecule has 2 aromatic carbocycles. The van der Waals surface area contributed by atoms with E-state index in [4.69, 9.17) is 28.9 Å². The van der Waals surface area contributed by atoms with Crippen molar-refractivity contribution in [2.24, 2.45) is 12.8 Å². The number of nitrogens with two attached hydrogens (primary N) is 1. The lowest BCUT2D eigenvalue weighted by Crippen LogP contribution is -2.14. The Labute approximate surface area is 158 Å². The van der Waals surface area contributed by atoms with E-state index in [0.29, 0.717) is 26.7 Å². The number of halogens is 4. The molecule has 0 saturated heterocycles. The van der Waals surface area contributed by atoms with Crippen molar-refractivity contribution in [3.05, 3.63) is 63.8 Å². The maximum Gasteiger partial charge on any atom is 0.282 e. The third-order valence-corrected chi connectivity index (χ3v) is 4.48. The molecular weight excluding hydrogens is 383 g/mol. The molecule has 0 bridgehead atoms. The number of rotatable bonds is 4. The van der Waals surface area contributed by atoms with Crippen LogP contribution in [-0.2, 0) is 7.05 Å². The van der Waals surface area contributed by atoms with E-state index in [9.17, 15) is 13.6 Å². The molecule has 0 fully saturated rings. The van der Waals surface area contributed by atoms with Gasteiger partial charge in [0.2, 0.25) is 0 Å². The molecule has 1 aromatic heterocycles. The lowest BCUT2D eigenvalue weighted by Gasteiger charge is -2.13. The van der Waals surface area contributed by atoms with Gasteiger partial charge in [-0.05, 0) is 17.7 Å².